The fraction of sp³-hybridized carbons (Fsp3) is 0.571. The molecule has 0 bridgehead atoms. The van der Waals surface area contributed by atoms with E-state index in [4.69, 9.17) is 0 Å². The Morgan fingerprint density at radius 3 is 2.55 bits per heavy atom. The third kappa shape index (κ3) is 5.00. The normalized spacial score (nSPS) is 20.4. The van der Waals surface area contributed by atoms with Crippen molar-refractivity contribution in [3.8, 4) is 0 Å². The molecule has 1 heterocycles. The van der Waals surface area contributed by atoms with Gasteiger partial charge in [-0.25, -0.2) is 0 Å². The molecule has 0 radical (unpaired) electrons. The maximum atomic E-state index is 12.2. The molecule has 1 unspecified atom stereocenters. The van der Waals surface area contributed by atoms with E-state index < -0.39 is 5.51 Å². The number of halogens is 3. The van der Waals surface area contributed by atoms with E-state index in [2.05, 4.69) is 17.3 Å². The quantitative estimate of drug-likeness (QED) is 0.857. The molecule has 0 spiro atoms. The lowest BCUT2D eigenvalue weighted by molar-refractivity contribution is -0.0328. The van der Waals surface area contributed by atoms with Crippen molar-refractivity contribution < 1.29 is 13.2 Å². The Morgan fingerprint density at radius 1 is 1.30 bits per heavy atom. The van der Waals surface area contributed by atoms with Gasteiger partial charge in [-0.3, -0.25) is 4.90 Å². The van der Waals surface area contributed by atoms with E-state index in [0.717, 1.165) is 25.2 Å². The summed E-state index contributed by atoms with van der Waals surface area (Å²) in [7, 11) is 2.07. The molecule has 1 aliphatic rings. The van der Waals surface area contributed by atoms with Gasteiger partial charge in [-0.15, -0.1) is 0 Å². The van der Waals surface area contributed by atoms with Crippen LogP contribution in [0.5, 0.6) is 0 Å². The Labute approximate surface area is 121 Å². The Hall–Kier alpha value is -0.720. The van der Waals surface area contributed by atoms with Crippen molar-refractivity contribution in [3.63, 3.8) is 0 Å². The molecule has 2 rings (SSSR count). The van der Waals surface area contributed by atoms with Gasteiger partial charge >= 0.3 is 5.51 Å². The first kappa shape index (κ1) is 15.7. The van der Waals surface area contributed by atoms with Crippen molar-refractivity contribution in [2.24, 2.45) is 0 Å². The molecule has 1 N–H and O–H groups in total. The van der Waals surface area contributed by atoms with Gasteiger partial charge in [-0.1, -0.05) is 12.1 Å². The zero-order valence-electron chi connectivity index (χ0n) is 11.4. The van der Waals surface area contributed by atoms with E-state index in [-0.39, 0.29) is 16.7 Å². The first-order valence-corrected chi connectivity index (χ1v) is 7.51. The maximum Gasteiger partial charge on any atom is 0.446 e. The van der Waals surface area contributed by atoms with E-state index >= 15 is 0 Å². The molecule has 1 aromatic rings. The van der Waals surface area contributed by atoms with Gasteiger partial charge in [0.1, 0.15) is 0 Å². The highest BCUT2D eigenvalue weighted by atomic mass is 32.2. The minimum absolute atomic E-state index is 0.0672. The number of nitrogens with one attached hydrogen (secondary N) is 1. The summed E-state index contributed by atoms with van der Waals surface area (Å²) in [6, 6.07) is 7.15. The lowest BCUT2D eigenvalue weighted by Crippen LogP contribution is -2.43. The van der Waals surface area contributed by atoms with Crippen molar-refractivity contribution in [2.45, 2.75) is 35.8 Å². The fourth-order valence-corrected chi connectivity index (χ4v) is 2.96. The van der Waals surface area contributed by atoms with Crippen molar-refractivity contribution in [1.29, 1.82) is 0 Å². The van der Waals surface area contributed by atoms with Gasteiger partial charge in [0.15, 0.2) is 0 Å². The molecule has 0 aliphatic carbocycles. The molecular weight excluding hydrogens is 285 g/mol. The minimum atomic E-state index is -4.22. The van der Waals surface area contributed by atoms with Gasteiger partial charge in [-0.2, -0.15) is 13.2 Å². The first-order valence-electron chi connectivity index (χ1n) is 6.70. The molecule has 20 heavy (non-hydrogen) atoms. The zero-order chi connectivity index (χ0) is 14.6. The van der Waals surface area contributed by atoms with E-state index in [9.17, 15) is 13.2 Å². The molecule has 6 heteroatoms. The number of thioether (sulfide) groups is 1. The summed E-state index contributed by atoms with van der Waals surface area (Å²) in [5.74, 6) is 0. The smallest absolute Gasteiger partial charge is 0.315 e. The Kier molecular flexibility index (Phi) is 5.35. The third-order valence-electron chi connectivity index (χ3n) is 3.48. The predicted octanol–water partition coefficient (Wildman–Crippen LogP) is 3.48. The van der Waals surface area contributed by atoms with Gasteiger partial charge < -0.3 is 5.32 Å². The van der Waals surface area contributed by atoms with Crippen molar-refractivity contribution in [2.75, 3.05) is 20.1 Å². The van der Waals surface area contributed by atoms with Gasteiger partial charge in [0.25, 0.3) is 0 Å². The number of rotatable bonds is 4. The van der Waals surface area contributed by atoms with Crippen LogP contribution in [0.3, 0.4) is 0 Å². The van der Waals surface area contributed by atoms with Crippen molar-refractivity contribution >= 4 is 11.8 Å². The molecule has 2 nitrogen and oxygen atoms in total. The fourth-order valence-electron chi connectivity index (χ4n) is 2.42. The summed E-state index contributed by atoms with van der Waals surface area (Å²) >= 11 is -0.0672. The van der Waals surface area contributed by atoms with Crippen LogP contribution in [0.15, 0.2) is 29.2 Å². The van der Waals surface area contributed by atoms with Gasteiger partial charge in [0.05, 0.1) is 0 Å². The first-order chi connectivity index (χ1) is 9.44. The van der Waals surface area contributed by atoms with Crippen LogP contribution < -0.4 is 5.32 Å². The minimum Gasteiger partial charge on any atom is -0.315 e. The van der Waals surface area contributed by atoms with Crippen LogP contribution in [0.2, 0.25) is 0 Å². The predicted molar refractivity (Wildman–Crippen MR) is 75.7 cm³/mol. The number of hydrogen-bond acceptors (Lipinski definition) is 3. The molecular formula is C14H19F3N2S. The highest BCUT2D eigenvalue weighted by Crippen LogP contribution is 2.36. The average Bonchev–Trinajstić information content (AvgIpc) is 2.40. The van der Waals surface area contributed by atoms with Crippen LogP contribution in [0.1, 0.15) is 18.4 Å². The lowest BCUT2D eigenvalue weighted by atomic mass is 10.1. The number of benzene rings is 1. The lowest BCUT2D eigenvalue weighted by Gasteiger charge is -2.31. The summed E-state index contributed by atoms with van der Waals surface area (Å²) in [5, 5.41) is 3.37. The Bertz CT molecular complexity index is 413. The summed E-state index contributed by atoms with van der Waals surface area (Å²) in [6.45, 7) is 2.83. The summed E-state index contributed by atoms with van der Waals surface area (Å²) in [4.78, 5) is 2.50. The maximum absolute atomic E-state index is 12.2. The second kappa shape index (κ2) is 6.83. The highest BCUT2D eigenvalue weighted by molar-refractivity contribution is 8.00. The largest absolute Gasteiger partial charge is 0.446 e. The van der Waals surface area contributed by atoms with Crippen LogP contribution >= 0.6 is 11.8 Å². The SMILES string of the molecule is CN(Cc1ccc(SC(F)(F)F)cc1)C1CCCNC1. The van der Waals surface area contributed by atoms with E-state index in [1.807, 2.05) is 0 Å². The molecule has 0 amide bonds. The monoisotopic (exact) mass is 304 g/mol. The van der Waals surface area contributed by atoms with Gasteiger partial charge in [0, 0.05) is 24.0 Å². The Morgan fingerprint density at radius 2 is 2.00 bits per heavy atom. The van der Waals surface area contributed by atoms with Crippen molar-refractivity contribution in [1.82, 2.24) is 10.2 Å². The summed E-state index contributed by atoms with van der Waals surface area (Å²) in [5.41, 5.74) is -3.17. The van der Waals surface area contributed by atoms with Crippen LogP contribution in [-0.2, 0) is 6.54 Å². The van der Waals surface area contributed by atoms with Crippen LogP contribution in [0, 0.1) is 0 Å². The number of hydrogen-bond donors (Lipinski definition) is 1. The van der Waals surface area contributed by atoms with E-state index in [0.29, 0.717) is 6.04 Å². The average molecular weight is 304 g/mol. The molecule has 1 atom stereocenters. The highest BCUT2D eigenvalue weighted by Gasteiger charge is 2.29. The zero-order valence-corrected chi connectivity index (χ0v) is 12.2. The summed E-state index contributed by atoms with van der Waals surface area (Å²) < 4.78 is 36.7. The molecule has 1 aliphatic heterocycles. The van der Waals surface area contributed by atoms with Gasteiger partial charge in [0.2, 0.25) is 0 Å². The number of piperidine rings is 1. The van der Waals surface area contributed by atoms with Crippen LogP contribution in [-0.4, -0.2) is 36.6 Å². The van der Waals surface area contributed by atoms with Gasteiger partial charge in [-0.05, 0) is 55.9 Å². The van der Waals surface area contributed by atoms with Crippen LogP contribution in [0.25, 0.3) is 0 Å². The number of likely N-dealkylation sites (N-methyl/N-ethyl adjacent to an activating group) is 1. The standard InChI is InChI=1S/C14H19F3N2S/c1-19(12-3-2-8-18-9-12)10-11-4-6-13(7-5-11)20-14(15,16)17/h4-7,12,18H,2-3,8-10H2,1H3. The topological polar surface area (TPSA) is 15.3 Å². The molecule has 0 aromatic heterocycles. The second-order valence-electron chi connectivity index (χ2n) is 5.11. The molecule has 112 valence electrons. The molecule has 1 saturated heterocycles. The molecule has 1 fully saturated rings. The van der Waals surface area contributed by atoms with E-state index in [1.165, 1.54) is 12.8 Å². The molecule has 1 aromatic carbocycles. The molecule has 0 saturated carbocycles. The second-order valence-corrected chi connectivity index (χ2v) is 6.25. The number of alkyl halides is 3. The number of nitrogens with zero attached hydrogens (tertiary/aromatic N) is 1. The third-order valence-corrected chi connectivity index (χ3v) is 4.22. The van der Waals surface area contributed by atoms with E-state index in [1.54, 1.807) is 24.3 Å². The summed E-state index contributed by atoms with van der Waals surface area (Å²) in [6.07, 6.45) is 2.35. The van der Waals surface area contributed by atoms with Crippen molar-refractivity contribution in [3.05, 3.63) is 29.8 Å². The van der Waals surface area contributed by atoms with Crippen LogP contribution in [0.4, 0.5) is 13.2 Å². The Balaban J connectivity index is 1.89.